The van der Waals surface area contributed by atoms with E-state index in [-0.39, 0.29) is 36.7 Å². The number of anilines is 2. The molecule has 4 aromatic rings. The zero-order valence-corrected chi connectivity index (χ0v) is 30.4. The number of carboxylic acids is 2. The number of aromatic nitrogens is 2. The lowest BCUT2D eigenvalue weighted by Crippen LogP contribution is -2.35. The van der Waals surface area contributed by atoms with E-state index in [4.69, 9.17) is 36.7 Å². The number of amides is 2. The molecule has 4 rings (SSSR count). The SMILES string of the molecule is CC(C)Nc1ncc(-c2cc(N)cc(C(=O)N(C)Cc3ccccc3)c2)n(CC(=O)NCc2ccc(C(=N)N)cc2)c1=O.O=C(O)C(F)(F)F.O=C(O)C(F)(F)F. The van der Waals surface area contributed by atoms with Crippen molar-refractivity contribution < 1.29 is 55.7 Å². The van der Waals surface area contributed by atoms with Gasteiger partial charge in [-0.05, 0) is 43.2 Å². The van der Waals surface area contributed by atoms with E-state index in [1.54, 1.807) is 54.4 Å². The van der Waals surface area contributed by atoms with Crippen LogP contribution in [-0.4, -0.2) is 79.7 Å². The van der Waals surface area contributed by atoms with Crippen molar-refractivity contribution in [2.45, 2.75) is 51.9 Å². The zero-order chi connectivity index (χ0) is 43.2. The molecule has 3 aromatic carbocycles. The molecule has 0 saturated carbocycles. The number of carboxylic acid groups (broad SMARTS) is 2. The molecule has 2 amide bonds. The minimum atomic E-state index is -5.08. The van der Waals surface area contributed by atoms with Crippen LogP contribution in [0.25, 0.3) is 11.3 Å². The molecule has 0 radical (unpaired) electrons. The molecule has 1 aromatic heterocycles. The van der Waals surface area contributed by atoms with Crippen LogP contribution in [0.1, 0.15) is 40.9 Å². The van der Waals surface area contributed by atoms with Crippen molar-refractivity contribution in [2.75, 3.05) is 18.1 Å². The quantitative estimate of drug-likeness (QED) is 0.0483. The molecule has 0 aliphatic heterocycles. The molecule has 306 valence electrons. The molecule has 15 nitrogen and oxygen atoms in total. The summed E-state index contributed by atoms with van der Waals surface area (Å²) < 4.78 is 64.8. The van der Waals surface area contributed by atoms with Gasteiger partial charge in [0.15, 0.2) is 5.82 Å². The normalized spacial score (nSPS) is 10.9. The van der Waals surface area contributed by atoms with Gasteiger partial charge in [0.2, 0.25) is 5.91 Å². The third-order valence-corrected chi connectivity index (χ3v) is 7.13. The molecular weight excluding hydrogens is 770 g/mol. The van der Waals surface area contributed by atoms with E-state index in [1.807, 2.05) is 44.2 Å². The van der Waals surface area contributed by atoms with Gasteiger partial charge in [-0.2, -0.15) is 26.3 Å². The molecule has 0 bridgehead atoms. The minimum absolute atomic E-state index is 0.0414. The van der Waals surface area contributed by atoms with Gasteiger partial charge in [-0.3, -0.25) is 24.4 Å². The third-order valence-electron chi connectivity index (χ3n) is 7.13. The Morgan fingerprint density at radius 2 is 1.42 bits per heavy atom. The van der Waals surface area contributed by atoms with Crippen LogP contribution in [0.5, 0.6) is 0 Å². The molecule has 57 heavy (non-hydrogen) atoms. The van der Waals surface area contributed by atoms with Gasteiger partial charge in [-0.15, -0.1) is 0 Å². The lowest BCUT2D eigenvalue weighted by atomic mass is 10.1. The Kier molecular flexibility index (Phi) is 16.3. The number of nitrogens with one attached hydrogen (secondary N) is 3. The van der Waals surface area contributed by atoms with Gasteiger partial charge in [0.05, 0.1) is 11.9 Å². The highest BCUT2D eigenvalue weighted by atomic mass is 19.4. The predicted octanol–water partition coefficient (Wildman–Crippen LogP) is 4.45. The van der Waals surface area contributed by atoms with E-state index in [1.165, 1.54) is 10.8 Å². The minimum Gasteiger partial charge on any atom is -0.475 e. The number of halogens is 6. The fourth-order valence-electron chi connectivity index (χ4n) is 4.52. The van der Waals surface area contributed by atoms with Crippen molar-refractivity contribution in [2.24, 2.45) is 5.73 Å². The van der Waals surface area contributed by atoms with Gasteiger partial charge >= 0.3 is 24.3 Å². The van der Waals surface area contributed by atoms with Crippen molar-refractivity contribution in [3.8, 4) is 11.3 Å². The summed E-state index contributed by atoms with van der Waals surface area (Å²) in [5, 5.41) is 27.6. The second-order valence-corrected chi connectivity index (χ2v) is 12.2. The first-order valence-electron chi connectivity index (χ1n) is 16.3. The van der Waals surface area contributed by atoms with Crippen molar-refractivity contribution in [3.63, 3.8) is 0 Å². The van der Waals surface area contributed by atoms with Crippen molar-refractivity contribution in [1.82, 2.24) is 19.8 Å². The monoisotopic (exact) mass is 808 g/mol. The zero-order valence-electron chi connectivity index (χ0n) is 30.4. The number of alkyl halides is 6. The summed E-state index contributed by atoms with van der Waals surface area (Å²) in [4.78, 5) is 63.7. The number of carbonyl (C=O) groups is 4. The second kappa shape index (κ2) is 20.1. The molecule has 0 fully saturated rings. The third kappa shape index (κ3) is 15.0. The smallest absolute Gasteiger partial charge is 0.475 e. The lowest BCUT2D eigenvalue weighted by Gasteiger charge is -2.19. The second-order valence-electron chi connectivity index (χ2n) is 12.2. The first-order valence-corrected chi connectivity index (χ1v) is 16.3. The number of hydrogen-bond donors (Lipinski definition) is 7. The molecule has 0 aliphatic carbocycles. The van der Waals surface area contributed by atoms with Gasteiger partial charge in [-0.25, -0.2) is 14.6 Å². The standard InChI is InChI=1S/C32H36N8O3.2C2HF3O2/c1-20(2)38-30-32(43)40(19-28(41)36-16-21-9-11-23(12-10-21)29(34)35)27(17-37-30)24-13-25(15-26(33)14-24)31(42)39(3)18-22-7-5-4-6-8-22;2*3-2(4,5)1(6)7/h4-15,17,20H,16,18-19,33H2,1-3H3,(H3,34,35)(H,36,41)(H,37,38);2*(H,6,7). The average Bonchev–Trinajstić information content (AvgIpc) is 3.12. The Morgan fingerprint density at radius 3 is 1.91 bits per heavy atom. The van der Waals surface area contributed by atoms with Crippen LogP contribution in [0.15, 0.2) is 83.8 Å². The highest BCUT2D eigenvalue weighted by Gasteiger charge is 2.39. The van der Waals surface area contributed by atoms with Crippen LogP contribution in [-0.2, 0) is 34.0 Å². The maximum Gasteiger partial charge on any atom is 0.490 e. The number of nitrogen functional groups attached to an aromatic ring is 2. The van der Waals surface area contributed by atoms with Gasteiger partial charge < -0.3 is 37.2 Å². The van der Waals surface area contributed by atoms with E-state index in [0.29, 0.717) is 34.6 Å². The molecule has 0 saturated heterocycles. The van der Waals surface area contributed by atoms with Crippen molar-refractivity contribution >= 4 is 41.1 Å². The van der Waals surface area contributed by atoms with Crippen molar-refractivity contribution in [3.05, 3.63) is 112 Å². The molecule has 21 heteroatoms. The van der Waals surface area contributed by atoms with Crippen LogP contribution < -0.4 is 27.7 Å². The fraction of sp³-hybridized carbons (Fsp3) is 0.250. The molecule has 0 atom stereocenters. The number of nitrogens with zero attached hydrogens (tertiary/aromatic N) is 3. The Balaban J connectivity index is 0.000000682. The van der Waals surface area contributed by atoms with E-state index in [2.05, 4.69) is 15.6 Å². The summed E-state index contributed by atoms with van der Waals surface area (Å²) in [6, 6.07) is 21.4. The van der Waals surface area contributed by atoms with E-state index >= 15 is 0 Å². The lowest BCUT2D eigenvalue weighted by molar-refractivity contribution is -0.193. The Morgan fingerprint density at radius 1 is 0.877 bits per heavy atom. The van der Waals surface area contributed by atoms with Crippen molar-refractivity contribution in [1.29, 1.82) is 5.41 Å². The molecule has 0 spiro atoms. The number of aliphatic carboxylic acids is 2. The van der Waals surface area contributed by atoms with E-state index < -0.39 is 35.8 Å². The Labute approximate surface area is 320 Å². The van der Waals surface area contributed by atoms with Crippen LogP contribution in [0.3, 0.4) is 0 Å². The number of benzene rings is 3. The number of amidine groups is 1. The molecular formula is C36H38F6N8O7. The predicted molar refractivity (Wildman–Crippen MR) is 196 cm³/mol. The Bertz CT molecular complexity index is 2080. The first-order chi connectivity index (χ1) is 26.4. The van der Waals surface area contributed by atoms with Crippen LogP contribution in [0.2, 0.25) is 0 Å². The maximum atomic E-state index is 13.5. The largest absolute Gasteiger partial charge is 0.490 e. The molecule has 9 N–H and O–H groups in total. The van der Waals surface area contributed by atoms with Gasteiger partial charge in [-0.1, -0.05) is 54.6 Å². The summed E-state index contributed by atoms with van der Waals surface area (Å²) >= 11 is 0. The van der Waals surface area contributed by atoms with Crippen LogP contribution >= 0.6 is 0 Å². The average molecular weight is 809 g/mol. The van der Waals surface area contributed by atoms with E-state index in [9.17, 15) is 40.7 Å². The summed E-state index contributed by atoms with van der Waals surface area (Å²) in [7, 11) is 1.71. The summed E-state index contributed by atoms with van der Waals surface area (Å²) in [6.45, 7) is 4.09. The topological polar surface area (TPSA) is 247 Å². The van der Waals surface area contributed by atoms with Gasteiger partial charge in [0.25, 0.3) is 11.5 Å². The van der Waals surface area contributed by atoms with Gasteiger partial charge in [0.1, 0.15) is 12.4 Å². The van der Waals surface area contributed by atoms with Crippen LogP contribution in [0, 0.1) is 5.41 Å². The first kappa shape index (κ1) is 46.2. The number of carbonyl (C=O) groups excluding carboxylic acids is 2. The summed E-state index contributed by atoms with van der Waals surface area (Å²) in [6.07, 6.45) is -8.67. The highest BCUT2D eigenvalue weighted by Crippen LogP contribution is 2.25. The number of nitrogens with two attached hydrogens (primary N) is 2. The molecule has 1 heterocycles. The van der Waals surface area contributed by atoms with E-state index in [0.717, 1.165) is 11.1 Å². The number of hydrogen-bond acceptors (Lipinski definition) is 9. The maximum absolute atomic E-state index is 13.5. The number of rotatable bonds is 11. The fourth-order valence-corrected chi connectivity index (χ4v) is 4.52. The van der Waals surface area contributed by atoms with Gasteiger partial charge in [0, 0.05) is 48.6 Å². The highest BCUT2D eigenvalue weighted by molar-refractivity contribution is 5.96. The summed E-state index contributed by atoms with van der Waals surface area (Å²) in [5.41, 5.74) is 15.1. The summed E-state index contributed by atoms with van der Waals surface area (Å²) in [5.74, 6) is -6.09. The van der Waals surface area contributed by atoms with Crippen LogP contribution in [0.4, 0.5) is 37.8 Å². The molecule has 0 unspecified atom stereocenters. The molecule has 0 aliphatic rings. The Hall–Kier alpha value is -6.93.